The van der Waals surface area contributed by atoms with Gasteiger partial charge in [0.2, 0.25) is 0 Å². The Bertz CT molecular complexity index is 509. The van der Waals surface area contributed by atoms with Gasteiger partial charge in [0.1, 0.15) is 23.5 Å². The van der Waals surface area contributed by atoms with Crippen molar-refractivity contribution in [1.29, 1.82) is 0 Å². The molecule has 6 heteroatoms. The summed E-state index contributed by atoms with van der Waals surface area (Å²) in [5.74, 6) is -0.828. The molecule has 1 aromatic carbocycles. The molecule has 1 rings (SSSR count). The summed E-state index contributed by atoms with van der Waals surface area (Å²) in [7, 11) is 0. The molecule has 0 heterocycles. The van der Waals surface area contributed by atoms with Crippen LogP contribution in [0, 0.1) is 0 Å². The molecule has 0 aromatic heterocycles. The maximum Gasteiger partial charge on any atom is 0.323 e. The van der Waals surface area contributed by atoms with Gasteiger partial charge in [-0.3, -0.25) is 9.59 Å². The van der Waals surface area contributed by atoms with Gasteiger partial charge in [0.15, 0.2) is 0 Å². The Morgan fingerprint density at radius 2 is 1.83 bits per heavy atom. The first-order valence-electron chi connectivity index (χ1n) is 7.59. The quantitative estimate of drug-likeness (QED) is 0.713. The number of carboxylic acids is 1. The summed E-state index contributed by atoms with van der Waals surface area (Å²) < 4.78 is 11.0. The third-order valence-corrected chi connectivity index (χ3v) is 2.95. The first-order chi connectivity index (χ1) is 10.7. The molecule has 6 nitrogen and oxygen atoms in total. The highest BCUT2D eigenvalue weighted by molar-refractivity contribution is 5.76. The number of carbonyl (C=O) groups excluding carboxylic acids is 1. The Morgan fingerprint density at radius 3 is 2.35 bits per heavy atom. The van der Waals surface area contributed by atoms with Crippen LogP contribution in [-0.4, -0.2) is 34.8 Å². The summed E-state index contributed by atoms with van der Waals surface area (Å²) in [6, 6.07) is 8.16. The lowest BCUT2D eigenvalue weighted by molar-refractivity contribution is -0.157. The molecule has 2 atom stereocenters. The largest absolute Gasteiger partial charge is 0.490 e. The van der Waals surface area contributed by atoms with Crippen molar-refractivity contribution >= 4 is 11.9 Å². The normalized spacial score (nSPS) is 13.9. The number of nitrogens with two attached hydrogens (primary N) is 1. The van der Waals surface area contributed by atoms with Crippen molar-refractivity contribution in [2.45, 2.75) is 57.8 Å². The minimum Gasteiger partial charge on any atom is -0.490 e. The molecule has 0 aliphatic carbocycles. The van der Waals surface area contributed by atoms with Crippen LogP contribution in [0.15, 0.2) is 30.3 Å². The van der Waals surface area contributed by atoms with E-state index in [-0.39, 0.29) is 19.3 Å². The van der Waals surface area contributed by atoms with Crippen LogP contribution in [0.1, 0.15) is 40.0 Å². The molecule has 1 aromatic rings. The Morgan fingerprint density at radius 1 is 1.22 bits per heavy atom. The van der Waals surface area contributed by atoms with Crippen LogP contribution >= 0.6 is 0 Å². The van der Waals surface area contributed by atoms with Crippen LogP contribution in [-0.2, 0) is 14.3 Å². The number of para-hydroxylation sites is 1. The smallest absolute Gasteiger partial charge is 0.323 e. The van der Waals surface area contributed by atoms with Crippen molar-refractivity contribution < 1.29 is 24.2 Å². The fraction of sp³-hybridized carbons (Fsp3) is 0.529. The molecular weight excluding hydrogens is 298 g/mol. The zero-order valence-corrected chi connectivity index (χ0v) is 13.8. The number of benzene rings is 1. The van der Waals surface area contributed by atoms with Gasteiger partial charge in [-0.2, -0.15) is 0 Å². The lowest BCUT2D eigenvalue weighted by atomic mass is 10.0. The number of carbonyl (C=O) groups is 2. The molecule has 0 aliphatic heterocycles. The second-order valence-corrected chi connectivity index (χ2v) is 6.36. The SMILES string of the molecule is CC(C)(C)OC(=O)C(N)CC(CCC(=O)O)Oc1ccccc1. The van der Waals surface area contributed by atoms with Crippen molar-refractivity contribution in [3.63, 3.8) is 0 Å². The number of hydrogen-bond donors (Lipinski definition) is 2. The lowest BCUT2D eigenvalue weighted by Crippen LogP contribution is -2.40. The van der Waals surface area contributed by atoms with E-state index in [0.717, 1.165) is 0 Å². The van der Waals surface area contributed by atoms with Gasteiger partial charge in [0, 0.05) is 12.8 Å². The van der Waals surface area contributed by atoms with E-state index in [0.29, 0.717) is 5.75 Å². The van der Waals surface area contributed by atoms with Crippen LogP contribution in [0.3, 0.4) is 0 Å². The number of aliphatic carboxylic acids is 1. The maximum atomic E-state index is 12.0. The van der Waals surface area contributed by atoms with Crippen LogP contribution in [0.5, 0.6) is 5.75 Å². The average molecular weight is 323 g/mol. The Balaban J connectivity index is 2.67. The van der Waals surface area contributed by atoms with Gasteiger partial charge in [-0.1, -0.05) is 18.2 Å². The van der Waals surface area contributed by atoms with E-state index in [1.165, 1.54) is 0 Å². The van der Waals surface area contributed by atoms with Crippen molar-refractivity contribution in [2.24, 2.45) is 5.73 Å². The van der Waals surface area contributed by atoms with E-state index in [2.05, 4.69) is 0 Å². The highest BCUT2D eigenvalue weighted by atomic mass is 16.6. The first kappa shape index (κ1) is 19.0. The van der Waals surface area contributed by atoms with Crippen molar-refractivity contribution in [3.05, 3.63) is 30.3 Å². The maximum absolute atomic E-state index is 12.0. The number of carboxylic acid groups (broad SMARTS) is 1. The average Bonchev–Trinajstić information content (AvgIpc) is 2.44. The molecule has 0 aliphatic rings. The summed E-state index contributed by atoms with van der Waals surface area (Å²) in [6.07, 6.45) is -0.0768. The van der Waals surface area contributed by atoms with E-state index < -0.39 is 29.7 Å². The van der Waals surface area contributed by atoms with E-state index in [4.69, 9.17) is 20.3 Å². The third-order valence-electron chi connectivity index (χ3n) is 2.95. The minimum absolute atomic E-state index is 0.0570. The van der Waals surface area contributed by atoms with Gasteiger partial charge in [-0.25, -0.2) is 0 Å². The van der Waals surface area contributed by atoms with E-state index >= 15 is 0 Å². The highest BCUT2D eigenvalue weighted by Gasteiger charge is 2.26. The molecule has 0 bridgehead atoms. The van der Waals surface area contributed by atoms with Gasteiger partial charge in [0.25, 0.3) is 0 Å². The van der Waals surface area contributed by atoms with Gasteiger partial charge in [-0.15, -0.1) is 0 Å². The van der Waals surface area contributed by atoms with Crippen molar-refractivity contribution in [2.75, 3.05) is 0 Å². The van der Waals surface area contributed by atoms with Crippen LogP contribution in [0.25, 0.3) is 0 Å². The fourth-order valence-corrected chi connectivity index (χ4v) is 1.96. The van der Waals surface area contributed by atoms with Crippen LogP contribution < -0.4 is 10.5 Å². The Kier molecular flexibility index (Phi) is 7.03. The van der Waals surface area contributed by atoms with Gasteiger partial charge in [0.05, 0.1) is 0 Å². The molecule has 23 heavy (non-hydrogen) atoms. The molecule has 0 saturated heterocycles. The molecule has 0 fully saturated rings. The number of rotatable bonds is 8. The van der Waals surface area contributed by atoms with E-state index in [1.807, 2.05) is 18.2 Å². The second-order valence-electron chi connectivity index (χ2n) is 6.36. The zero-order chi connectivity index (χ0) is 17.5. The third kappa shape index (κ3) is 8.21. The zero-order valence-electron chi connectivity index (χ0n) is 13.8. The lowest BCUT2D eigenvalue weighted by Gasteiger charge is -2.25. The standard InChI is InChI=1S/C17H25NO5/c1-17(2,3)23-16(21)14(18)11-13(9-10-15(19)20)22-12-7-5-4-6-8-12/h4-8,13-14H,9-11,18H2,1-3H3,(H,19,20). The molecule has 128 valence electrons. The molecule has 2 unspecified atom stereocenters. The van der Waals surface area contributed by atoms with Gasteiger partial charge < -0.3 is 20.3 Å². The van der Waals surface area contributed by atoms with Crippen LogP contribution in [0.2, 0.25) is 0 Å². The van der Waals surface area contributed by atoms with Gasteiger partial charge in [-0.05, 0) is 39.3 Å². The summed E-state index contributed by atoms with van der Waals surface area (Å²) in [5, 5.41) is 8.85. The monoisotopic (exact) mass is 323 g/mol. The highest BCUT2D eigenvalue weighted by Crippen LogP contribution is 2.18. The first-order valence-corrected chi connectivity index (χ1v) is 7.59. The molecular formula is C17H25NO5. The number of hydrogen-bond acceptors (Lipinski definition) is 5. The molecule has 0 amide bonds. The van der Waals surface area contributed by atoms with Gasteiger partial charge >= 0.3 is 11.9 Å². The predicted molar refractivity (Wildman–Crippen MR) is 86.2 cm³/mol. The number of esters is 1. The summed E-state index contributed by atoms with van der Waals surface area (Å²) in [6.45, 7) is 5.29. The summed E-state index contributed by atoms with van der Waals surface area (Å²) in [5.41, 5.74) is 5.26. The Hall–Kier alpha value is -2.08. The van der Waals surface area contributed by atoms with E-state index in [1.54, 1.807) is 32.9 Å². The van der Waals surface area contributed by atoms with E-state index in [9.17, 15) is 9.59 Å². The van der Waals surface area contributed by atoms with Crippen molar-refractivity contribution in [3.8, 4) is 5.75 Å². The fourth-order valence-electron chi connectivity index (χ4n) is 1.96. The molecule has 0 radical (unpaired) electrons. The predicted octanol–water partition coefficient (Wildman–Crippen LogP) is 2.36. The number of ether oxygens (including phenoxy) is 2. The Labute approximate surface area is 136 Å². The van der Waals surface area contributed by atoms with Crippen LogP contribution in [0.4, 0.5) is 0 Å². The summed E-state index contributed by atoms with van der Waals surface area (Å²) in [4.78, 5) is 22.8. The van der Waals surface area contributed by atoms with Crippen molar-refractivity contribution in [1.82, 2.24) is 0 Å². The summed E-state index contributed by atoms with van der Waals surface area (Å²) >= 11 is 0. The molecule has 0 saturated carbocycles. The molecule has 0 spiro atoms. The minimum atomic E-state index is -0.919. The topological polar surface area (TPSA) is 98.9 Å². The second kappa shape index (κ2) is 8.53. The molecule has 3 N–H and O–H groups in total.